The molecule has 0 aliphatic heterocycles. The second-order valence-electron chi connectivity index (χ2n) is 4.93. The smallest absolute Gasteiger partial charge is 0.333 e. The maximum absolute atomic E-state index is 11.6. The third-order valence-corrected chi connectivity index (χ3v) is 5.31. The number of carbonyl (C=O) groups is 2. The molecule has 11 heteroatoms. The van der Waals surface area contributed by atoms with Gasteiger partial charge in [-0.15, -0.1) is 11.3 Å². The van der Waals surface area contributed by atoms with Crippen LogP contribution in [0.25, 0.3) is 20.7 Å². The fourth-order valence-electron chi connectivity index (χ4n) is 1.83. The number of nitrogens with zero attached hydrogens (tertiary/aromatic N) is 4. The van der Waals surface area contributed by atoms with E-state index < -0.39 is 12.1 Å². The third kappa shape index (κ3) is 5.91. The van der Waals surface area contributed by atoms with Gasteiger partial charge in [-0.3, -0.25) is 4.79 Å². The molecule has 1 heterocycles. The SMILES string of the molecule is [N-]=[N+]=NCCC(=O)NCc1ccc2nc(SCC(O)C(=O)O)sc2c1. The number of nitrogens with one attached hydrogen (secondary N) is 1. The fraction of sp³-hybridized carbons (Fsp3) is 0.357. The van der Waals surface area contributed by atoms with Gasteiger partial charge >= 0.3 is 5.97 Å². The van der Waals surface area contributed by atoms with E-state index in [1.807, 2.05) is 18.2 Å². The van der Waals surface area contributed by atoms with Crippen molar-refractivity contribution in [2.24, 2.45) is 5.11 Å². The van der Waals surface area contributed by atoms with Crippen LogP contribution in [0.4, 0.5) is 0 Å². The van der Waals surface area contributed by atoms with Gasteiger partial charge in [0.05, 0.1) is 10.2 Å². The van der Waals surface area contributed by atoms with Gasteiger partial charge in [-0.2, -0.15) is 0 Å². The molecule has 1 atom stereocenters. The first kappa shape index (κ1) is 19.0. The normalized spacial score (nSPS) is 11.7. The summed E-state index contributed by atoms with van der Waals surface area (Å²) in [6.07, 6.45) is -1.28. The van der Waals surface area contributed by atoms with Crippen LogP contribution in [0.1, 0.15) is 12.0 Å². The number of carboxylic acids is 1. The molecule has 2 rings (SSSR count). The highest BCUT2D eigenvalue weighted by atomic mass is 32.2. The number of aliphatic hydroxyl groups excluding tert-OH is 1. The number of carbonyl (C=O) groups excluding carboxylic acids is 1. The molecule has 3 N–H and O–H groups in total. The van der Waals surface area contributed by atoms with Crippen LogP contribution in [0, 0.1) is 0 Å². The van der Waals surface area contributed by atoms with Crippen LogP contribution in [-0.2, 0) is 16.1 Å². The van der Waals surface area contributed by atoms with Crippen molar-refractivity contribution in [3.63, 3.8) is 0 Å². The predicted octanol–water partition coefficient (Wildman–Crippen LogP) is 2.15. The molecule has 1 aromatic carbocycles. The number of thioether (sulfide) groups is 1. The van der Waals surface area contributed by atoms with Crippen molar-refractivity contribution in [3.8, 4) is 0 Å². The number of rotatable bonds is 9. The lowest BCUT2D eigenvalue weighted by Crippen LogP contribution is -2.23. The summed E-state index contributed by atoms with van der Waals surface area (Å²) in [5, 5.41) is 24.0. The van der Waals surface area contributed by atoms with Crippen molar-refractivity contribution >= 4 is 45.2 Å². The lowest BCUT2D eigenvalue weighted by Gasteiger charge is -2.04. The van der Waals surface area contributed by atoms with E-state index >= 15 is 0 Å². The van der Waals surface area contributed by atoms with Crippen molar-refractivity contribution in [2.45, 2.75) is 23.4 Å². The average molecular weight is 381 g/mol. The molecule has 0 spiro atoms. The van der Waals surface area contributed by atoms with Crippen LogP contribution in [0.5, 0.6) is 0 Å². The largest absolute Gasteiger partial charge is 0.479 e. The van der Waals surface area contributed by atoms with Gasteiger partial charge in [0.1, 0.15) is 0 Å². The number of hydrogen-bond donors (Lipinski definition) is 3. The molecular weight excluding hydrogens is 366 g/mol. The number of aromatic nitrogens is 1. The molecule has 0 aliphatic rings. The highest BCUT2D eigenvalue weighted by molar-refractivity contribution is 8.01. The fourth-order valence-corrected chi connectivity index (χ4v) is 3.90. The second kappa shape index (κ2) is 9.23. The first-order chi connectivity index (χ1) is 12.0. The number of aliphatic carboxylic acids is 1. The van der Waals surface area contributed by atoms with Crippen LogP contribution in [0.3, 0.4) is 0 Å². The summed E-state index contributed by atoms with van der Waals surface area (Å²) in [4.78, 5) is 29.2. The minimum absolute atomic E-state index is 0.0310. The van der Waals surface area contributed by atoms with Gasteiger partial charge in [0, 0.05) is 30.2 Å². The van der Waals surface area contributed by atoms with E-state index in [1.165, 1.54) is 23.1 Å². The van der Waals surface area contributed by atoms with Crippen LogP contribution in [-0.4, -0.2) is 45.5 Å². The zero-order valence-corrected chi connectivity index (χ0v) is 14.6. The van der Waals surface area contributed by atoms with Gasteiger partial charge in [-0.25, -0.2) is 9.78 Å². The molecule has 0 saturated carbocycles. The highest BCUT2D eigenvalue weighted by Crippen LogP contribution is 2.30. The quantitative estimate of drug-likeness (QED) is 0.262. The molecule has 1 amide bonds. The lowest BCUT2D eigenvalue weighted by atomic mass is 10.2. The van der Waals surface area contributed by atoms with Gasteiger partial charge in [-0.05, 0) is 23.2 Å². The van der Waals surface area contributed by atoms with Crippen molar-refractivity contribution in [2.75, 3.05) is 12.3 Å². The molecular formula is C14H15N5O4S2. The topological polar surface area (TPSA) is 148 Å². The Morgan fingerprint density at radius 1 is 1.48 bits per heavy atom. The Labute approximate surface area is 150 Å². The van der Waals surface area contributed by atoms with Crippen LogP contribution in [0.15, 0.2) is 27.7 Å². The number of fused-ring (bicyclic) bond motifs is 1. The Kier molecular flexibility index (Phi) is 7.02. The first-order valence-corrected chi connectivity index (χ1v) is 9.00. The molecule has 25 heavy (non-hydrogen) atoms. The predicted molar refractivity (Wildman–Crippen MR) is 94.5 cm³/mol. The zero-order chi connectivity index (χ0) is 18.2. The summed E-state index contributed by atoms with van der Waals surface area (Å²) >= 11 is 2.58. The Hall–Kier alpha value is -2.33. The number of carboxylic acid groups (broad SMARTS) is 1. The minimum atomic E-state index is -1.42. The molecule has 0 bridgehead atoms. The summed E-state index contributed by atoms with van der Waals surface area (Å²) in [5.74, 6) is -1.42. The molecule has 0 aliphatic carbocycles. The summed E-state index contributed by atoms with van der Waals surface area (Å²) in [6.45, 7) is 0.474. The van der Waals surface area contributed by atoms with Crippen LogP contribution < -0.4 is 5.32 Å². The van der Waals surface area contributed by atoms with Gasteiger partial charge in [0.2, 0.25) is 5.91 Å². The van der Waals surface area contributed by atoms with Gasteiger partial charge in [0.25, 0.3) is 0 Å². The van der Waals surface area contributed by atoms with Crippen molar-refractivity contribution < 1.29 is 19.8 Å². The Morgan fingerprint density at radius 3 is 3.00 bits per heavy atom. The molecule has 132 valence electrons. The van der Waals surface area contributed by atoms with E-state index in [0.717, 1.165) is 15.8 Å². The van der Waals surface area contributed by atoms with Crippen LogP contribution in [0.2, 0.25) is 0 Å². The molecule has 1 unspecified atom stereocenters. The maximum Gasteiger partial charge on any atom is 0.333 e. The summed E-state index contributed by atoms with van der Waals surface area (Å²) < 4.78 is 1.58. The monoisotopic (exact) mass is 381 g/mol. The van der Waals surface area contributed by atoms with E-state index in [-0.39, 0.29) is 24.6 Å². The summed E-state index contributed by atoms with van der Waals surface area (Å²) in [7, 11) is 0. The van der Waals surface area contributed by atoms with Crippen molar-refractivity contribution in [1.82, 2.24) is 10.3 Å². The second-order valence-corrected chi connectivity index (χ2v) is 7.23. The highest BCUT2D eigenvalue weighted by Gasteiger charge is 2.15. The molecule has 0 radical (unpaired) electrons. The molecule has 0 saturated heterocycles. The standard InChI is InChI=1S/C14H15N5O4S2/c15-19-17-4-3-12(21)16-6-8-1-2-9-11(5-8)25-14(18-9)24-7-10(20)13(22)23/h1-2,5,10,20H,3-4,6-7H2,(H,16,21)(H,22,23). The van der Waals surface area contributed by atoms with E-state index in [9.17, 15) is 14.7 Å². The maximum atomic E-state index is 11.6. The summed E-state index contributed by atoms with van der Waals surface area (Å²) in [5.41, 5.74) is 9.83. The number of thiazole rings is 1. The molecule has 1 aromatic heterocycles. The van der Waals surface area contributed by atoms with Gasteiger partial charge in [-0.1, -0.05) is 22.9 Å². The number of aliphatic hydroxyl groups is 1. The van der Waals surface area contributed by atoms with Gasteiger partial charge in [0.15, 0.2) is 10.4 Å². The number of amides is 1. The third-order valence-electron chi connectivity index (χ3n) is 3.07. The van der Waals surface area contributed by atoms with Gasteiger partial charge < -0.3 is 15.5 Å². The van der Waals surface area contributed by atoms with E-state index in [1.54, 1.807) is 0 Å². The van der Waals surface area contributed by atoms with E-state index in [4.69, 9.17) is 10.6 Å². The minimum Gasteiger partial charge on any atom is -0.479 e. The average Bonchev–Trinajstić information content (AvgIpc) is 3.00. The number of hydrogen-bond acceptors (Lipinski definition) is 7. The first-order valence-electron chi connectivity index (χ1n) is 7.20. The van der Waals surface area contributed by atoms with Crippen molar-refractivity contribution in [3.05, 3.63) is 34.2 Å². The Morgan fingerprint density at radius 2 is 2.28 bits per heavy atom. The Bertz CT molecular complexity index is 819. The van der Waals surface area contributed by atoms with E-state index in [0.29, 0.717) is 10.9 Å². The molecule has 9 nitrogen and oxygen atoms in total. The Balaban J connectivity index is 1.94. The van der Waals surface area contributed by atoms with Crippen molar-refractivity contribution in [1.29, 1.82) is 0 Å². The molecule has 0 fully saturated rings. The van der Waals surface area contributed by atoms with E-state index in [2.05, 4.69) is 20.3 Å². The van der Waals surface area contributed by atoms with Crippen LogP contribution >= 0.6 is 23.1 Å². The zero-order valence-electron chi connectivity index (χ0n) is 13.0. The lowest BCUT2D eigenvalue weighted by molar-refractivity contribution is -0.145. The number of benzene rings is 1. The number of azide groups is 1. The summed E-state index contributed by atoms with van der Waals surface area (Å²) in [6, 6.07) is 5.57. The molecule has 2 aromatic rings.